The van der Waals surface area contributed by atoms with Gasteiger partial charge in [-0.05, 0) is 6.42 Å². The van der Waals surface area contributed by atoms with E-state index in [0.29, 0.717) is 0 Å². The van der Waals surface area contributed by atoms with Crippen molar-refractivity contribution < 1.29 is 18.0 Å². The van der Waals surface area contributed by atoms with E-state index in [4.69, 9.17) is 0 Å². The smallest absolute Gasteiger partial charge is 0.292 e. The summed E-state index contributed by atoms with van der Waals surface area (Å²) in [5.74, 6) is 0. The lowest BCUT2D eigenvalue weighted by molar-refractivity contribution is -0.190. The van der Waals surface area contributed by atoms with Crippen LogP contribution >= 0.6 is 0 Å². The van der Waals surface area contributed by atoms with Crippen LogP contribution in [0.1, 0.15) is 18.2 Å². The lowest BCUT2D eigenvalue weighted by Crippen LogP contribution is -2.24. The molecule has 1 heterocycles. The molecule has 0 radical (unpaired) electrons. The summed E-state index contributed by atoms with van der Waals surface area (Å²) in [6.07, 6.45) is -1.82. The molecule has 0 aliphatic rings. The highest BCUT2D eigenvalue weighted by Gasteiger charge is 2.27. The average Bonchev–Trinajstić information content (AvgIpc) is 2.52. The summed E-state index contributed by atoms with van der Waals surface area (Å²) in [5, 5.41) is 4.16. The second kappa shape index (κ2) is 5.31. The average molecular weight is 237 g/mol. The van der Waals surface area contributed by atoms with E-state index in [-0.39, 0.29) is 6.54 Å². The Morgan fingerprint density at radius 3 is 2.75 bits per heavy atom. The van der Waals surface area contributed by atoms with E-state index in [1.165, 1.54) is 0 Å². The van der Waals surface area contributed by atoms with Gasteiger partial charge in [0.25, 0.3) is 0 Å². The normalized spacial score (nSPS) is 12.1. The number of nitrogens with one attached hydrogen (secondary N) is 1. The van der Waals surface area contributed by atoms with E-state index in [9.17, 15) is 13.2 Å². The molecule has 0 amide bonds. The fraction of sp³-hybridized carbons (Fsp3) is 0.667. The molecule has 92 valence electrons. The first-order valence-electron chi connectivity index (χ1n) is 4.85. The van der Waals surface area contributed by atoms with E-state index in [1.54, 1.807) is 17.9 Å². The largest absolute Gasteiger partial charge is 0.413 e. The molecule has 0 spiro atoms. The summed E-state index contributed by atoms with van der Waals surface area (Å²) in [7, 11) is 1.76. The second-order valence-corrected chi connectivity index (χ2v) is 3.35. The van der Waals surface area contributed by atoms with Crippen molar-refractivity contribution in [3.05, 3.63) is 17.5 Å². The number of hydrogen-bond donors (Lipinski definition) is 1. The van der Waals surface area contributed by atoms with Crippen LogP contribution in [0.15, 0.2) is 6.20 Å². The van der Waals surface area contributed by atoms with E-state index in [0.717, 1.165) is 17.7 Å². The summed E-state index contributed by atoms with van der Waals surface area (Å²) >= 11 is 0. The minimum absolute atomic E-state index is 0.215. The van der Waals surface area contributed by atoms with Crippen LogP contribution in [0.5, 0.6) is 0 Å². The van der Waals surface area contributed by atoms with E-state index in [2.05, 4.69) is 15.4 Å². The highest BCUT2D eigenvalue weighted by atomic mass is 19.4. The zero-order chi connectivity index (χ0) is 12.2. The quantitative estimate of drug-likeness (QED) is 0.624. The molecule has 0 aliphatic heterocycles. The molecule has 0 aromatic carbocycles. The van der Waals surface area contributed by atoms with Crippen LogP contribution in [-0.2, 0) is 24.9 Å². The van der Waals surface area contributed by atoms with Gasteiger partial charge in [0.05, 0.1) is 5.69 Å². The number of nitrogens with zero attached hydrogens (tertiary/aromatic N) is 2. The van der Waals surface area contributed by atoms with Crippen molar-refractivity contribution in [2.24, 2.45) is 7.05 Å². The summed E-state index contributed by atoms with van der Waals surface area (Å²) in [6, 6.07) is 0. The minimum atomic E-state index is -4.31. The Morgan fingerprint density at radius 1 is 1.50 bits per heavy atom. The molecule has 7 heteroatoms. The first-order chi connectivity index (χ1) is 7.42. The molecule has 0 aliphatic carbocycles. The Bertz CT molecular complexity index is 335. The summed E-state index contributed by atoms with van der Waals surface area (Å²) in [4.78, 5) is 4.30. The van der Waals surface area contributed by atoms with Gasteiger partial charge in [-0.15, -0.1) is 0 Å². The van der Waals surface area contributed by atoms with E-state index >= 15 is 0 Å². The van der Waals surface area contributed by atoms with E-state index in [1.807, 2.05) is 6.92 Å². The zero-order valence-electron chi connectivity index (χ0n) is 9.14. The van der Waals surface area contributed by atoms with Gasteiger partial charge in [0.15, 0.2) is 6.61 Å². The minimum Gasteiger partial charge on any atom is -0.292 e. The van der Waals surface area contributed by atoms with Gasteiger partial charge in [-0.3, -0.25) is 9.52 Å². The predicted molar refractivity (Wildman–Crippen MR) is 51.4 cm³/mol. The molecule has 1 N–H and O–H groups in total. The third kappa shape index (κ3) is 4.19. The summed E-state index contributed by atoms with van der Waals surface area (Å²) in [5.41, 5.74) is 3.97. The molecule has 16 heavy (non-hydrogen) atoms. The van der Waals surface area contributed by atoms with Crippen LogP contribution in [0.2, 0.25) is 0 Å². The lowest BCUT2D eigenvalue weighted by Gasteiger charge is -2.07. The van der Waals surface area contributed by atoms with Crippen LogP contribution in [0.25, 0.3) is 0 Å². The highest BCUT2D eigenvalue weighted by molar-refractivity contribution is 5.16. The first kappa shape index (κ1) is 13.0. The van der Waals surface area contributed by atoms with Gasteiger partial charge in [0.1, 0.15) is 0 Å². The third-order valence-electron chi connectivity index (χ3n) is 1.93. The number of alkyl halides is 3. The van der Waals surface area contributed by atoms with Gasteiger partial charge >= 0.3 is 6.18 Å². The Labute approximate surface area is 91.3 Å². The van der Waals surface area contributed by atoms with Gasteiger partial charge in [-0.1, -0.05) is 6.92 Å². The Hall–Kier alpha value is -1.08. The highest BCUT2D eigenvalue weighted by Crippen LogP contribution is 2.14. The van der Waals surface area contributed by atoms with Crippen molar-refractivity contribution >= 4 is 0 Å². The van der Waals surface area contributed by atoms with Crippen LogP contribution in [0, 0.1) is 0 Å². The van der Waals surface area contributed by atoms with Crippen molar-refractivity contribution in [2.75, 3.05) is 6.61 Å². The fourth-order valence-corrected chi connectivity index (χ4v) is 1.29. The number of hydrogen-bond acceptors (Lipinski definition) is 3. The molecule has 1 aromatic heterocycles. The topological polar surface area (TPSA) is 39.1 Å². The lowest BCUT2D eigenvalue weighted by atomic mass is 10.2. The van der Waals surface area contributed by atoms with Gasteiger partial charge in [-0.2, -0.15) is 23.8 Å². The van der Waals surface area contributed by atoms with Gasteiger partial charge in [-0.25, -0.2) is 0 Å². The maximum Gasteiger partial charge on any atom is 0.413 e. The maximum atomic E-state index is 11.7. The number of halogens is 3. The van der Waals surface area contributed by atoms with Crippen molar-refractivity contribution in [3.63, 3.8) is 0 Å². The van der Waals surface area contributed by atoms with Crippen LogP contribution in [0.4, 0.5) is 13.2 Å². The number of rotatable bonds is 5. The van der Waals surface area contributed by atoms with Crippen LogP contribution in [0.3, 0.4) is 0 Å². The Morgan fingerprint density at radius 2 is 2.19 bits per heavy atom. The van der Waals surface area contributed by atoms with Crippen molar-refractivity contribution in [1.29, 1.82) is 0 Å². The van der Waals surface area contributed by atoms with Crippen LogP contribution < -0.4 is 5.48 Å². The zero-order valence-corrected chi connectivity index (χ0v) is 9.14. The number of aromatic nitrogens is 2. The number of aryl methyl sites for hydroxylation is 2. The van der Waals surface area contributed by atoms with Gasteiger partial charge < -0.3 is 0 Å². The molecule has 0 saturated heterocycles. The monoisotopic (exact) mass is 237 g/mol. The molecular weight excluding hydrogens is 223 g/mol. The van der Waals surface area contributed by atoms with Crippen molar-refractivity contribution in [1.82, 2.24) is 15.3 Å². The molecule has 1 aromatic rings. The van der Waals surface area contributed by atoms with Gasteiger partial charge in [0, 0.05) is 25.4 Å². The first-order valence-corrected chi connectivity index (χ1v) is 4.85. The molecule has 0 saturated carbocycles. The predicted octanol–water partition coefficient (Wildman–Crippen LogP) is 1.57. The molecule has 0 unspecified atom stereocenters. The maximum absolute atomic E-state index is 11.7. The number of hydroxylamine groups is 1. The molecule has 4 nitrogen and oxygen atoms in total. The van der Waals surface area contributed by atoms with E-state index < -0.39 is 12.8 Å². The summed E-state index contributed by atoms with van der Waals surface area (Å²) < 4.78 is 36.9. The molecule has 0 atom stereocenters. The molecule has 0 fully saturated rings. The van der Waals surface area contributed by atoms with Crippen molar-refractivity contribution in [2.45, 2.75) is 26.1 Å². The van der Waals surface area contributed by atoms with Crippen LogP contribution in [-0.4, -0.2) is 22.6 Å². The second-order valence-electron chi connectivity index (χ2n) is 3.35. The SMILES string of the molecule is CCc1nn(C)cc1CNOCC(F)(F)F. The molecule has 0 bridgehead atoms. The van der Waals surface area contributed by atoms with Crippen molar-refractivity contribution in [3.8, 4) is 0 Å². The Kier molecular flexibility index (Phi) is 4.31. The molecular formula is C9H14F3N3O. The Balaban J connectivity index is 2.37. The third-order valence-corrected chi connectivity index (χ3v) is 1.93. The molecule has 1 rings (SSSR count). The van der Waals surface area contributed by atoms with Gasteiger partial charge in [0.2, 0.25) is 0 Å². The fourth-order valence-electron chi connectivity index (χ4n) is 1.29. The summed E-state index contributed by atoms with van der Waals surface area (Å²) in [6.45, 7) is 0.851. The standard InChI is InChI=1S/C9H14F3N3O/c1-3-8-7(5-15(2)14-8)4-13-16-6-9(10,11)12/h5,13H,3-4,6H2,1-2H3.